The predicted octanol–water partition coefficient (Wildman–Crippen LogP) is 6.16. The first-order valence-electron chi connectivity index (χ1n) is 10.9. The quantitative estimate of drug-likeness (QED) is 0.220. The van der Waals surface area contributed by atoms with Gasteiger partial charge in [-0.3, -0.25) is 9.20 Å². The molecule has 1 N–H and O–H groups in total. The molecular weight excluding hydrogens is 462 g/mol. The van der Waals surface area contributed by atoms with Crippen molar-refractivity contribution in [3.05, 3.63) is 72.8 Å². The molecule has 34 heavy (non-hydrogen) atoms. The normalized spacial score (nSPS) is 12.1. The Hall–Kier alpha value is -3.54. The van der Waals surface area contributed by atoms with Crippen LogP contribution < -0.4 is 5.32 Å². The molecule has 0 spiro atoms. The highest BCUT2D eigenvalue weighted by Gasteiger charge is 2.16. The Balaban J connectivity index is 1.42. The summed E-state index contributed by atoms with van der Waals surface area (Å²) >= 11 is 2.98. The number of para-hydroxylation sites is 4. The molecule has 0 saturated carbocycles. The van der Waals surface area contributed by atoms with Gasteiger partial charge < -0.3 is 5.32 Å². The van der Waals surface area contributed by atoms with Crippen molar-refractivity contribution in [3.8, 4) is 6.07 Å². The molecule has 5 aromatic rings. The van der Waals surface area contributed by atoms with E-state index in [0.717, 1.165) is 43.3 Å². The van der Waals surface area contributed by atoms with Gasteiger partial charge in [-0.1, -0.05) is 55.1 Å². The van der Waals surface area contributed by atoms with Crippen LogP contribution in [0.25, 0.3) is 27.6 Å². The first kappa shape index (κ1) is 22.3. The summed E-state index contributed by atoms with van der Waals surface area (Å²) in [6.45, 7) is 2.01. The van der Waals surface area contributed by atoms with Crippen LogP contribution in [-0.2, 0) is 4.79 Å². The molecule has 3 aromatic carbocycles. The molecule has 8 heteroatoms. The second-order valence-electron chi connectivity index (χ2n) is 7.79. The number of anilines is 1. The van der Waals surface area contributed by atoms with Crippen LogP contribution in [-0.4, -0.2) is 31.3 Å². The van der Waals surface area contributed by atoms with Gasteiger partial charge in [-0.15, -0.1) is 11.8 Å². The zero-order valence-electron chi connectivity index (χ0n) is 18.4. The Kier molecular flexibility index (Phi) is 6.39. The van der Waals surface area contributed by atoms with Crippen LogP contribution >= 0.6 is 23.5 Å². The highest BCUT2D eigenvalue weighted by atomic mass is 32.2. The summed E-state index contributed by atoms with van der Waals surface area (Å²) < 4.78 is 2.03. The van der Waals surface area contributed by atoms with Crippen molar-refractivity contribution >= 4 is 62.7 Å². The molecule has 6 nitrogen and oxygen atoms in total. The number of thioether (sulfide) groups is 2. The third-order valence-corrected chi connectivity index (χ3v) is 7.43. The van der Waals surface area contributed by atoms with Crippen molar-refractivity contribution in [3.63, 3.8) is 0 Å². The SMILES string of the molecule is CC(CC#N)Sc1ccccc1NC(=O)CSc1nc2ccccc2c2nc3ccccc3n12. The van der Waals surface area contributed by atoms with Crippen LogP contribution in [0.2, 0.25) is 0 Å². The second-order valence-corrected chi connectivity index (χ2v) is 10.2. The van der Waals surface area contributed by atoms with E-state index in [1.54, 1.807) is 11.8 Å². The molecule has 0 aliphatic rings. The number of aromatic nitrogens is 3. The lowest BCUT2D eigenvalue weighted by Crippen LogP contribution is -2.15. The number of imidazole rings is 1. The minimum absolute atomic E-state index is 0.112. The Morgan fingerprint density at radius 1 is 1.03 bits per heavy atom. The average Bonchev–Trinajstić information content (AvgIpc) is 3.24. The number of nitriles is 1. The van der Waals surface area contributed by atoms with Gasteiger partial charge in [0, 0.05) is 22.0 Å². The van der Waals surface area contributed by atoms with E-state index in [2.05, 4.69) is 11.4 Å². The van der Waals surface area contributed by atoms with Gasteiger partial charge in [-0.05, 0) is 36.4 Å². The molecule has 1 amide bonds. The maximum absolute atomic E-state index is 12.9. The van der Waals surface area contributed by atoms with Gasteiger partial charge in [0.05, 0.1) is 34.1 Å². The van der Waals surface area contributed by atoms with E-state index < -0.39 is 0 Å². The van der Waals surface area contributed by atoms with Crippen molar-refractivity contribution in [2.45, 2.75) is 28.6 Å². The molecule has 5 rings (SSSR count). The lowest BCUT2D eigenvalue weighted by Gasteiger charge is -2.13. The molecule has 0 fully saturated rings. The second kappa shape index (κ2) is 9.75. The Labute approximate surface area is 205 Å². The standard InChI is InChI=1S/C26H21N5OS2/c1-17(14-15-27)34-23-13-7-5-11-21(23)28-24(32)16-33-26-30-19-9-3-2-8-18(19)25-29-20-10-4-6-12-22(20)31(25)26/h2-13,17H,14,16H2,1H3,(H,28,32). The maximum Gasteiger partial charge on any atom is 0.234 e. The van der Waals surface area contributed by atoms with Gasteiger partial charge in [-0.25, -0.2) is 9.97 Å². The molecule has 0 saturated heterocycles. The minimum atomic E-state index is -0.112. The molecule has 1 atom stereocenters. The van der Waals surface area contributed by atoms with Gasteiger partial charge in [0.2, 0.25) is 5.91 Å². The van der Waals surface area contributed by atoms with Crippen LogP contribution in [0.15, 0.2) is 82.8 Å². The monoisotopic (exact) mass is 483 g/mol. The van der Waals surface area contributed by atoms with Crippen molar-refractivity contribution < 1.29 is 4.79 Å². The number of fused-ring (bicyclic) bond motifs is 5. The largest absolute Gasteiger partial charge is 0.324 e. The summed E-state index contributed by atoms with van der Waals surface area (Å²) in [4.78, 5) is 23.5. The van der Waals surface area contributed by atoms with Gasteiger partial charge in [-0.2, -0.15) is 5.26 Å². The van der Waals surface area contributed by atoms with E-state index in [4.69, 9.17) is 15.2 Å². The van der Waals surface area contributed by atoms with Gasteiger partial charge in [0.1, 0.15) is 5.65 Å². The number of rotatable bonds is 7. The Bertz CT molecular complexity index is 1560. The van der Waals surface area contributed by atoms with Gasteiger partial charge >= 0.3 is 0 Å². The first-order chi connectivity index (χ1) is 16.6. The molecule has 2 aromatic heterocycles. The topological polar surface area (TPSA) is 83.1 Å². The molecular formula is C26H21N5OS2. The molecule has 0 aliphatic carbocycles. The summed E-state index contributed by atoms with van der Waals surface area (Å²) in [6, 6.07) is 25.8. The summed E-state index contributed by atoms with van der Waals surface area (Å²) in [6.07, 6.45) is 0.450. The zero-order valence-corrected chi connectivity index (χ0v) is 20.1. The van der Waals surface area contributed by atoms with Crippen molar-refractivity contribution in [2.75, 3.05) is 11.1 Å². The van der Waals surface area contributed by atoms with E-state index in [-0.39, 0.29) is 16.9 Å². The minimum Gasteiger partial charge on any atom is -0.324 e. The third-order valence-electron chi connectivity index (χ3n) is 5.31. The van der Waals surface area contributed by atoms with E-state index in [9.17, 15) is 4.79 Å². The molecule has 0 aliphatic heterocycles. The number of carbonyl (C=O) groups excluding carboxylic acids is 1. The molecule has 168 valence electrons. The maximum atomic E-state index is 12.9. The summed E-state index contributed by atoms with van der Waals surface area (Å²) in [5, 5.41) is 13.8. The fourth-order valence-electron chi connectivity index (χ4n) is 3.79. The summed E-state index contributed by atoms with van der Waals surface area (Å²) in [5.74, 6) is 0.0955. The van der Waals surface area contributed by atoms with E-state index in [1.165, 1.54) is 11.8 Å². The van der Waals surface area contributed by atoms with Crippen molar-refractivity contribution in [1.82, 2.24) is 14.4 Å². The number of nitrogens with one attached hydrogen (secondary N) is 1. The van der Waals surface area contributed by atoms with Gasteiger partial charge in [0.15, 0.2) is 5.16 Å². The Morgan fingerprint density at radius 3 is 2.62 bits per heavy atom. The number of benzene rings is 3. The van der Waals surface area contributed by atoms with E-state index >= 15 is 0 Å². The lowest BCUT2D eigenvalue weighted by molar-refractivity contribution is -0.113. The Morgan fingerprint density at radius 2 is 1.76 bits per heavy atom. The number of nitrogens with zero attached hydrogens (tertiary/aromatic N) is 4. The number of hydrogen-bond acceptors (Lipinski definition) is 6. The van der Waals surface area contributed by atoms with Crippen LogP contribution in [0, 0.1) is 11.3 Å². The fraction of sp³-hybridized carbons (Fsp3) is 0.154. The molecule has 0 radical (unpaired) electrons. The third kappa shape index (κ3) is 4.45. The molecule has 2 heterocycles. The number of carbonyl (C=O) groups is 1. The fourth-order valence-corrected chi connectivity index (χ4v) is 5.59. The first-order valence-corrected chi connectivity index (χ1v) is 12.7. The smallest absolute Gasteiger partial charge is 0.234 e. The number of hydrogen-bond donors (Lipinski definition) is 1. The van der Waals surface area contributed by atoms with Crippen LogP contribution in [0.4, 0.5) is 5.69 Å². The molecule has 0 bridgehead atoms. The highest BCUT2D eigenvalue weighted by Crippen LogP contribution is 2.32. The average molecular weight is 484 g/mol. The highest BCUT2D eigenvalue weighted by molar-refractivity contribution is 8.00. The lowest BCUT2D eigenvalue weighted by atomic mass is 10.2. The van der Waals surface area contributed by atoms with Gasteiger partial charge in [0.25, 0.3) is 0 Å². The molecule has 1 unspecified atom stereocenters. The van der Waals surface area contributed by atoms with Crippen LogP contribution in [0.1, 0.15) is 13.3 Å². The van der Waals surface area contributed by atoms with Crippen LogP contribution in [0.3, 0.4) is 0 Å². The van der Waals surface area contributed by atoms with E-state index in [0.29, 0.717) is 6.42 Å². The summed E-state index contributed by atoms with van der Waals surface area (Å²) in [7, 11) is 0. The van der Waals surface area contributed by atoms with Crippen LogP contribution in [0.5, 0.6) is 0 Å². The number of amides is 1. The van der Waals surface area contributed by atoms with Crippen molar-refractivity contribution in [2.24, 2.45) is 0 Å². The van der Waals surface area contributed by atoms with E-state index in [1.807, 2.05) is 84.1 Å². The summed E-state index contributed by atoms with van der Waals surface area (Å²) in [5.41, 5.74) is 4.30. The predicted molar refractivity (Wildman–Crippen MR) is 139 cm³/mol. The zero-order chi connectivity index (χ0) is 23.5. The van der Waals surface area contributed by atoms with Crippen molar-refractivity contribution in [1.29, 1.82) is 5.26 Å².